The Morgan fingerprint density at radius 3 is 2.77 bits per heavy atom. The van der Waals surface area contributed by atoms with Gasteiger partial charge in [-0.15, -0.1) is 0 Å². The average molecular weight is 302 g/mol. The standard InChI is InChI=1S/C16H22N4O2/c1-3-22-16-19-14-15(18-13(9-17-14)11(2)21)20(16)10-12-7-5-4-6-8-12/h9,12H,3-8,10H2,1-2H3. The highest BCUT2D eigenvalue weighted by atomic mass is 16.5. The van der Waals surface area contributed by atoms with Crippen LogP contribution in [0.3, 0.4) is 0 Å². The molecule has 2 heterocycles. The molecule has 6 nitrogen and oxygen atoms in total. The molecule has 6 heteroatoms. The summed E-state index contributed by atoms with van der Waals surface area (Å²) in [6, 6.07) is 0.559. The summed E-state index contributed by atoms with van der Waals surface area (Å²) in [6.45, 7) is 4.82. The molecule has 1 aliphatic rings. The molecule has 1 saturated carbocycles. The molecule has 0 bridgehead atoms. The normalized spacial score (nSPS) is 16.1. The molecule has 0 saturated heterocycles. The van der Waals surface area contributed by atoms with E-state index in [1.54, 1.807) is 0 Å². The fourth-order valence-corrected chi connectivity index (χ4v) is 3.08. The lowest BCUT2D eigenvalue weighted by atomic mass is 9.89. The smallest absolute Gasteiger partial charge is 0.300 e. The molecule has 0 aliphatic heterocycles. The average Bonchev–Trinajstić information content (AvgIpc) is 2.86. The Morgan fingerprint density at radius 1 is 1.32 bits per heavy atom. The van der Waals surface area contributed by atoms with Gasteiger partial charge in [0.1, 0.15) is 5.69 Å². The first-order valence-corrected chi connectivity index (χ1v) is 8.06. The summed E-state index contributed by atoms with van der Waals surface area (Å²) in [5, 5.41) is 0. The zero-order valence-corrected chi connectivity index (χ0v) is 13.2. The topological polar surface area (TPSA) is 69.9 Å². The van der Waals surface area contributed by atoms with E-state index in [0.29, 0.717) is 35.5 Å². The molecule has 0 unspecified atom stereocenters. The highest BCUT2D eigenvalue weighted by Crippen LogP contribution is 2.28. The number of nitrogens with zero attached hydrogens (tertiary/aromatic N) is 4. The second kappa shape index (κ2) is 6.42. The van der Waals surface area contributed by atoms with Crippen LogP contribution in [0.15, 0.2) is 6.20 Å². The molecule has 2 aromatic rings. The van der Waals surface area contributed by atoms with Crippen molar-refractivity contribution < 1.29 is 9.53 Å². The van der Waals surface area contributed by atoms with Crippen molar-refractivity contribution in [1.29, 1.82) is 0 Å². The van der Waals surface area contributed by atoms with Crippen LogP contribution in [0.2, 0.25) is 0 Å². The Kier molecular flexibility index (Phi) is 4.36. The summed E-state index contributed by atoms with van der Waals surface area (Å²) >= 11 is 0. The number of ether oxygens (including phenoxy) is 1. The zero-order valence-electron chi connectivity index (χ0n) is 13.2. The molecular weight excluding hydrogens is 280 g/mol. The number of carbonyl (C=O) groups excluding carboxylic acids is 1. The number of rotatable bonds is 5. The van der Waals surface area contributed by atoms with E-state index >= 15 is 0 Å². The maximum absolute atomic E-state index is 11.6. The first-order valence-electron chi connectivity index (χ1n) is 8.06. The Bertz CT molecular complexity index is 674. The maximum Gasteiger partial charge on any atom is 0.300 e. The number of aromatic nitrogens is 4. The Labute approximate surface area is 129 Å². The zero-order chi connectivity index (χ0) is 15.5. The number of fused-ring (bicyclic) bond motifs is 1. The minimum absolute atomic E-state index is 0.0854. The van der Waals surface area contributed by atoms with Crippen LogP contribution in [-0.2, 0) is 6.54 Å². The van der Waals surface area contributed by atoms with E-state index in [9.17, 15) is 4.79 Å². The van der Waals surface area contributed by atoms with Crippen molar-refractivity contribution in [3.8, 4) is 6.01 Å². The summed E-state index contributed by atoms with van der Waals surface area (Å²) in [4.78, 5) is 24.7. The van der Waals surface area contributed by atoms with Gasteiger partial charge in [-0.1, -0.05) is 19.3 Å². The van der Waals surface area contributed by atoms with Gasteiger partial charge >= 0.3 is 0 Å². The number of hydrogen-bond acceptors (Lipinski definition) is 5. The Hall–Kier alpha value is -1.98. The predicted octanol–water partition coefficient (Wildman–Crippen LogP) is 3.01. The van der Waals surface area contributed by atoms with E-state index in [-0.39, 0.29) is 5.78 Å². The van der Waals surface area contributed by atoms with E-state index in [2.05, 4.69) is 15.0 Å². The SMILES string of the molecule is CCOc1nc2ncc(C(C)=O)nc2n1CC1CCCCC1. The monoisotopic (exact) mass is 302 g/mol. The minimum atomic E-state index is -0.0854. The van der Waals surface area contributed by atoms with Gasteiger partial charge in [-0.2, -0.15) is 4.98 Å². The highest BCUT2D eigenvalue weighted by molar-refractivity contribution is 5.93. The predicted molar refractivity (Wildman–Crippen MR) is 83.1 cm³/mol. The maximum atomic E-state index is 11.6. The molecule has 3 rings (SSSR count). The largest absolute Gasteiger partial charge is 0.465 e. The molecule has 0 amide bonds. The lowest BCUT2D eigenvalue weighted by molar-refractivity contribution is 0.101. The van der Waals surface area contributed by atoms with Gasteiger partial charge in [0.15, 0.2) is 11.4 Å². The van der Waals surface area contributed by atoms with Crippen LogP contribution in [-0.4, -0.2) is 31.9 Å². The van der Waals surface area contributed by atoms with Crippen molar-refractivity contribution in [3.63, 3.8) is 0 Å². The quantitative estimate of drug-likeness (QED) is 0.794. The van der Waals surface area contributed by atoms with E-state index in [0.717, 1.165) is 6.54 Å². The molecule has 0 N–H and O–H groups in total. The molecular formula is C16H22N4O2. The van der Waals surface area contributed by atoms with Gasteiger partial charge in [0.2, 0.25) is 5.65 Å². The van der Waals surface area contributed by atoms with Crippen LogP contribution in [0.25, 0.3) is 11.3 Å². The number of hydrogen-bond donors (Lipinski definition) is 0. The molecule has 0 aromatic carbocycles. The van der Waals surface area contributed by atoms with Crippen LogP contribution in [0.4, 0.5) is 0 Å². The van der Waals surface area contributed by atoms with Crippen molar-refractivity contribution in [2.75, 3.05) is 6.61 Å². The van der Waals surface area contributed by atoms with Crippen molar-refractivity contribution in [1.82, 2.24) is 19.5 Å². The van der Waals surface area contributed by atoms with Gasteiger partial charge in [-0.3, -0.25) is 9.36 Å². The number of Topliss-reactive ketones (excluding diaryl/α,β-unsaturated/α-hetero) is 1. The molecule has 0 radical (unpaired) electrons. The summed E-state index contributed by atoms with van der Waals surface area (Å²) in [7, 11) is 0. The second-order valence-corrected chi connectivity index (χ2v) is 5.90. The van der Waals surface area contributed by atoms with E-state index in [4.69, 9.17) is 4.74 Å². The second-order valence-electron chi connectivity index (χ2n) is 5.90. The van der Waals surface area contributed by atoms with Crippen molar-refractivity contribution in [2.45, 2.75) is 52.5 Å². The molecule has 1 aliphatic carbocycles. The van der Waals surface area contributed by atoms with E-state index in [1.165, 1.54) is 45.2 Å². The van der Waals surface area contributed by atoms with Gasteiger partial charge in [-0.05, 0) is 25.7 Å². The third-order valence-electron chi connectivity index (χ3n) is 4.22. The first kappa shape index (κ1) is 14.9. The summed E-state index contributed by atoms with van der Waals surface area (Å²) in [6.07, 6.45) is 7.83. The summed E-state index contributed by atoms with van der Waals surface area (Å²) < 4.78 is 7.65. The number of ketones is 1. The van der Waals surface area contributed by atoms with Crippen molar-refractivity contribution >= 4 is 17.1 Å². The molecule has 0 spiro atoms. The van der Waals surface area contributed by atoms with Crippen LogP contribution >= 0.6 is 0 Å². The lowest BCUT2D eigenvalue weighted by Gasteiger charge is -2.22. The molecule has 2 aromatic heterocycles. The third-order valence-corrected chi connectivity index (χ3v) is 4.22. The fraction of sp³-hybridized carbons (Fsp3) is 0.625. The Morgan fingerprint density at radius 2 is 2.09 bits per heavy atom. The van der Waals surface area contributed by atoms with Gasteiger partial charge in [-0.25, -0.2) is 9.97 Å². The van der Waals surface area contributed by atoms with Crippen LogP contribution in [0.5, 0.6) is 6.01 Å². The van der Waals surface area contributed by atoms with Gasteiger partial charge in [0.05, 0.1) is 12.8 Å². The van der Waals surface area contributed by atoms with Gasteiger partial charge < -0.3 is 4.74 Å². The van der Waals surface area contributed by atoms with Gasteiger partial charge in [0, 0.05) is 13.5 Å². The molecule has 22 heavy (non-hydrogen) atoms. The van der Waals surface area contributed by atoms with Crippen molar-refractivity contribution in [2.24, 2.45) is 5.92 Å². The third kappa shape index (κ3) is 2.96. The van der Waals surface area contributed by atoms with Crippen LogP contribution in [0.1, 0.15) is 56.4 Å². The van der Waals surface area contributed by atoms with E-state index < -0.39 is 0 Å². The molecule has 118 valence electrons. The highest BCUT2D eigenvalue weighted by Gasteiger charge is 2.21. The van der Waals surface area contributed by atoms with Crippen LogP contribution in [0, 0.1) is 5.92 Å². The summed E-state index contributed by atoms with van der Waals surface area (Å²) in [5.74, 6) is 0.533. The van der Waals surface area contributed by atoms with Gasteiger partial charge in [0.25, 0.3) is 6.01 Å². The number of carbonyl (C=O) groups is 1. The molecule has 1 fully saturated rings. The first-order chi connectivity index (χ1) is 10.7. The lowest BCUT2D eigenvalue weighted by Crippen LogP contribution is -2.16. The van der Waals surface area contributed by atoms with E-state index in [1.807, 2.05) is 11.5 Å². The minimum Gasteiger partial charge on any atom is -0.465 e. The van der Waals surface area contributed by atoms with Crippen molar-refractivity contribution in [3.05, 3.63) is 11.9 Å². The summed E-state index contributed by atoms with van der Waals surface area (Å²) in [5.41, 5.74) is 1.58. The molecule has 0 atom stereocenters. The fourth-order valence-electron chi connectivity index (χ4n) is 3.08. The van der Waals surface area contributed by atoms with Crippen LogP contribution < -0.4 is 4.74 Å². The Balaban J connectivity index is 2.00. The number of imidazole rings is 1.